The monoisotopic (exact) mass is 180 g/mol. The molecular weight excluding hydrogens is 163 g/mol. The Balaban J connectivity index is 2.86. The quantitative estimate of drug-likeness (QED) is 0.660. The summed E-state index contributed by atoms with van der Waals surface area (Å²) in [5, 5.41) is 0. The highest BCUT2D eigenvalue weighted by atomic mass is 19.1. The zero-order chi connectivity index (χ0) is 9.84. The molecule has 0 N–H and O–H groups in total. The predicted octanol–water partition coefficient (Wildman–Crippen LogP) is 3.98. The van der Waals surface area contributed by atoms with Crippen LogP contribution in [0.1, 0.15) is 38.7 Å². The maximum atomic E-state index is 12.7. The summed E-state index contributed by atoms with van der Waals surface area (Å²) in [6.45, 7) is 6.59. The van der Waals surface area contributed by atoms with Gasteiger partial charge in [0.1, 0.15) is 5.82 Å². The Bertz CT molecular complexity index is 248. The standard InChI is InChI=1S/C12H17F/c1-4-12(9(2)3)10-5-7-11(13)8-6-10/h5-9,12H,4H2,1-3H3/t12-/m0/s1. The minimum atomic E-state index is -0.151. The van der Waals surface area contributed by atoms with Gasteiger partial charge in [0, 0.05) is 0 Å². The lowest BCUT2D eigenvalue weighted by Gasteiger charge is -2.19. The zero-order valence-electron chi connectivity index (χ0n) is 8.55. The van der Waals surface area contributed by atoms with Crippen molar-refractivity contribution in [1.82, 2.24) is 0 Å². The van der Waals surface area contributed by atoms with Gasteiger partial charge in [0.05, 0.1) is 0 Å². The average Bonchev–Trinajstić information content (AvgIpc) is 2.09. The van der Waals surface area contributed by atoms with Crippen molar-refractivity contribution in [3.05, 3.63) is 35.6 Å². The summed E-state index contributed by atoms with van der Waals surface area (Å²) >= 11 is 0. The van der Waals surface area contributed by atoms with E-state index < -0.39 is 0 Å². The molecule has 0 aromatic heterocycles. The molecule has 0 nitrogen and oxygen atoms in total. The van der Waals surface area contributed by atoms with Gasteiger partial charge in [-0.15, -0.1) is 0 Å². The molecule has 1 rings (SSSR count). The minimum Gasteiger partial charge on any atom is -0.207 e. The largest absolute Gasteiger partial charge is 0.207 e. The Morgan fingerprint density at radius 2 is 1.69 bits per heavy atom. The lowest BCUT2D eigenvalue weighted by atomic mass is 9.86. The third kappa shape index (κ3) is 2.55. The Hall–Kier alpha value is -0.850. The summed E-state index contributed by atoms with van der Waals surface area (Å²) in [5.41, 5.74) is 1.25. The van der Waals surface area contributed by atoms with Gasteiger partial charge in [-0.2, -0.15) is 0 Å². The number of rotatable bonds is 3. The van der Waals surface area contributed by atoms with Crippen molar-refractivity contribution < 1.29 is 4.39 Å². The van der Waals surface area contributed by atoms with Gasteiger partial charge in [0.25, 0.3) is 0 Å². The van der Waals surface area contributed by atoms with Gasteiger partial charge in [-0.25, -0.2) is 4.39 Å². The molecule has 0 aliphatic heterocycles. The molecule has 1 atom stereocenters. The van der Waals surface area contributed by atoms with Crippen LogP contribution < -0.4 is 0 Å². The van der Waals surface area contributed by atoms with Crippen molar-refractivity contribution in [2.24, 2.45) is 5.92 Å². The normalized spacial score (nSPS) is 13.3. The van der Waals surface area contributed by atoms with Crippen LogP contribution in [-0.2, 0) is 0 Å². The summed E-state index contributed by atoms with van der Waals surface area (Å²) in [7, 11) is 0. The van der Waals surface area contributed by atoms with Crippen LogP contribution in [0.25, 0.3) is 0 Å². The Kier molecular flexibility index (Phi) is 3.47. The van der Waals surface area contributed by atoms with Gasteiger partial charge in [-0.05, 0) is 36.0 Å². The van der Waals surface area contributed by atoms with E-state index in [1.165, 1.54) is 5.56 Å². The summed E-state index contributed by atoms with van der Waals surface area (Å²) in [6.07, 6.45) is 1.11. The van der Waals surface area contributed by atoms with Crippen molar-refractivity contribution in [2.45, 2.75) is 33.1 Å². The van der Waals surface area contributed by atoms with Crippen LogP contribution >= 0.6 is 0 Å². The molecule has 1 aromatic rings. The maximum Gasteiger partial charge on any atom is 0.123 e. The van der Waals surface area contributed by atoms with Gasteiger partial charge in [0.15, 0.2) is 0 Å². The van der Waals surface area contributed by atoms with E-state index in [1.807, 2.05) is 12.1 Å². The molecule has 0 saturated heterocycles. The first kappa shape index (κ1) is 10.2. The van der Waals surface area contributed by atoms with E-state index in [2.05, 4.69) is 20.8 Å². The second kappa shape index (κ2) is 4.40. The van der Waals surface area contributed by atoms with Crippen molar-refractivity contribution in [3.8, 4) is 0 Å². The minimum absolute atomic E-state index is 0.151. The van der Waals surface area contributed by atoms with Crippen molar-refractivity contribution in [1.29, 1.82) is 0 Å². The molecule has 0 saturated carbocycles. The molecule has 0 fully saturated rings. The fraction of sp³-hybridized carbons (Fsp3) is 0.500. The highest BCUT2D eigenvalue weighted by Gasteiger charge is 2.12. The van der Waals surface area contributed by atoms with E-state index in [9.17, 15) is 4.39 Å². The first-order valence-corrected chi connectivity index (χ1v) is 4.90. The fourth-order valence-corrected chi connectivity index (χ4v) is 1.80. The van der Waals surface area contributed by atoms with Crippen molar-refractivity contribution in [2.75, 3.05) is 0 Å². The van der Waals surface area contributed by atoms with Crippen molar-refractivity contribution in [3.63, 3.8) is 0 Å². The van der Waals surface area contributed by atoms with E-state index in [4.69, 9.17) is 0 Å². The molecule has 0 aliphatic carbocycles. The van der Waals surface area contributed by atoms with Crippen LogP contribution in [-0.4, -0.2) is 0 Å². The number of benzene rings is 1. The third-order valence-corrected chi connectivity index (χ3v) is 2.54. The van der Waals surface area contributed by atoms with Crippen LogP contribution in [0.2, 0.25) is 0 Å². The molecule has 0 radical (unpaired) electrons. The smallest absolute Gasteiger partial charge is 0.123 e. The van der Waals surface area contributed by atoms with E-state index in [-0.39, 0.29) is 5.82 Å². The van der Waals surface area contributed by atoms with Crippen LogP contribution in [0.4, 0.5) is 4.39 Å². The third-order valence-electron chi connectivity index (χ3n) is 2.54. The fourth-order valence-electron chi connectivity index (χ4n) is 1.80. The molecule has 0 bridgehead atoms. The topological polar surface area (TPSA) is 0 Å². The first-order valence-electron chi connectivity index (χ1n) is 4.90. The molecule has 0 aliphatic rings. The molecule has 0 spiro atoms. The molecule has 0 unspecified atom stereocenters. The van der Waals surface area contributed by atoms with E-state index in [0.717, 1.165) is 6.42 Å². The first-order chi connectivity index (χ1) is 6.15. The second-order valence-corrected chi connectivity index (χ2v) is 3.81. The highest BCUT2D eigenvalue weighted by Crippen LogP contribution is 2.27. The van der Waals surface area contributed by atoms with Crippen LogP contribution in [0.5, 0.6) is 0 Å². The summed E-state index contributed by atoms with van der Waals surface area (Å²) < 4.78 is 12.7. The maximum absolute atomic E-state index is 12.7. The summed E-state index contributed by atoms with van der Waals surface area (Å²) in [4.78, 5) is 0. The van der Waals surface area contributed by atoms with Gasteiger partial charge < -0.3 is 0 Å². The van der Waals surface area contributed by atoms with Crippen LogP contribution in [0, 0.1) is 11.7 Å². The van der Waals surface area contributed by atoms with Gasteiger partial charge in [-0.3, -0.25) is 0 Å². The van der Waals surface area contributed by atoms with Gasteiger partial charge >= 0.3 is 0 Å². The van der Waals surface area contributed by atoms with E-state index in [0.29, 0.717) is 11.8 Å². The van der Waals surface area contributed by atoms with Crippen LogP contribution in [0.15, 0.2) is 24.3 Å². The van der Waals surface area contributed by atoms with Gasteiger partial charge in [0.2, 0.25) is 0 Å². The number of hydrogen-bond acceptors (Lipinski definition) is 0. The summed E-state index contributed by atoms with van der Waals surface area (Å²) in [6, 6.07) is 6.87. The van der Waals surface area contributed by atoms with E-state index >= 15 is 0 Å². The van der Waals surface area contributed by atoms with E-state index in [1.54, 1.807) is 12.1 Å². The van der Waals surface area contributed by atoms with Gasteiger partial charge in [-0.1, -0.05) is 32.9 Å². The Morgan fingerprint density at radius 3 is 2.08 bits per heavy atom. The molecule has 1 aromatic carbocycles. The SMILES string of the molecule is CC[C@H](c1ccc(F)cc1)C(C)C. The molecule has 72 valence electrons. The molecule has 0 heterocycles. The molecule has 0 amide bonds. The molecule has 13 heavy (non-hydrogen) atoms. The summed E-state index contributed by atoms with van der Waals surface area (Å²) in [5.74, 6) is 1.03. The highest BCUT2D eigenvalue weighted by molar-refractivity contribution is 5.20. The number of hydrogen-bond donors (Lipinski definition) is 0. The predicted molar refractivity (Wildman–Crippen MR) is 54.3 cm³/mol. The Morgan fingerprint density at radius 1 is 1.15 bits per heavy atom. The lowest BCUT2D eigenvalue weighted by Crippen LogP contribution is -2.05. The molecule has 1 heteroatoms. The zero-order valence-corrected chi connectivity index (χ0v) is 8.55. The molecular formula is C12H17F. The van der Waals surface area contributed by atoms with Crippen LogP contribution in [0.3, 0.4) is 0 Å². The number of halogens is 1. The average molecular weight is 180 g/mol. The van der Waals surface area contributed by atoms with Crippen molar-refractivity contribution >= 4 is 0 Å². The second-order valence-electron chi connectivity index (χ2n) is 3.81. The lowest BCUT2D eigenvalue weighted by molar-refractivity contribution is 0.484. The Labute approximate surface area is 79.8 Å².